The molecule has 0 aromatic rings. The van der Waals surface area contributed by atoms with Crippen LogP contribution in [-0.2, 0) is 14.3 Å². The van der Waals surface area contributed by atoms with E-state index in [4.69, 9.17) is 15.6 Å². The molecule has 1 saturated heterocycles. The Hall–Kier alpha value is -1.14. The van der Waals surface area contributed by atoms with Crippen molar-refractivity contribution in [2.75, 3.05) is 26.3 Å². The van der Waals surface area contributed by atoms with Crippen LogP contribution < -0.4 is 11.1 Å². The molecule has 17 heavy (non-hydrogen) atoms. The number of nitrogens with one attached hydrogen (secondary N) is 1. The molecule has 0 aliphatic carbocycles. The largest absolute Gasteiger partial charge is 0.481 e. The Balaban J connectivity index is 2.52. The van der Waals surface area contributed by atoms with Crippen LogP contribution in [0.4, 0.5) is 0 Å². The second-order valence-corrected chi connectivity index (χ2v) is 4.55. The summed E-state index contributed by atoms with van der Waals surface area (Å²) in [5.74, 6) is -1.66. The molecule has 0 bridgehead atoms. The van der Waals surface area contributed by atoms with Crippen molar-refractivity contribution in [3.05, 3.63) is 0 Å². The fourth-order valence-electron chi connectivity index (χ4n) is 1.81. The first kappa shape index (κ1) is 13.9. The molecule has 1 fully saturated rings. The molecule has 6 heteroatoms. The Morgan fingerprint density at radius 1 is 1.47 bits per heavy atom. The standard InChI is InChI=1S/C11H20N2O4/c1-8(9(14)15)6-13-10(16)11(7-12)2-4-17-5-3-11/h8H,2-7,12H2,1H3,(H,13,16)(H,14,15). The Kier molecular flexibility index (Phi) is 4.89. The summed E-state index contributed by atoms with van der Waals surface area (Å²) in [5, 5.41) is 11.4. The van der Waals surface area contributed by atoms with E-state index in [0.717, 1.165) is 0 Å². The first-order valence-corrected chi connectivity index (χ1v) is 5.81. The first-order valence-electron chi connectivity index (χ1n) is 5.81. The Morgan fingerprint density at radius 2 is 2.06 bits per heavy atom. The van der Waals surface area contributed by atoms with Crippen molar-refractivity contribution in [1.82, 2.24) is 5.32 Å². The Morgan fingerprint density at radius 3 is 2.53 bits per heavy atom. The van der Waals surface area contributed by atoms with Crippen LogP contribution in [-0.4, -0.2) is 43.3 Å². The number of hydrogen-bond acceptors (Lipinski definition) is 4. The average Bonchev–Trinajstić information content (AvgIpc) is 2.36. The number of carboxylic acids is 1. The highest BCUT2D eigenvalue weighted by Crippen LogP contribution is 2.29. The van der Waals surface area contributed by atoms with Crippen LogP contribution in [0.5, 0.6) is 0 Å². The van der Waals surface area contributed by atoms with Crippen molar-refractivity contribution >= 4 is 11.9 Å². The third-order valence-corrected chi connectivity index (χ3v) is 3.31. The van der Waals surface area contributed by atoms with Crippen molar-refractivity contribution in [2.45, 2.75) is 19.8 Å². The minimum atomic E-state index is -0.918. The van der Waals surface area contributed by atoms with E-state index in [9.17, 15) is 9.59 Å². The zero-order valence-electron chi connectivity index (χ0n) is 10.1. The molecule has 1 aliphatic heterocycles. The number of ether oxygens (including phenoxy) is 1. The third kappa shape index (κ3) is 3.41. The van der Waals surface area contributed by atoms with Gasteiger partial charge in [-0.25, -0.2) is 0 Å². The SMILES string of the molecule is CC(CNC(=O)C1(CN)CCOCC1)C(=O)O. The molecule has 1 rings (SSSR count). The number of amides is 1. The molecule has 1 atom stereocenters. The van der Waals surface area contributed by atoms with Gasteiger partial charge in [-0.1, -0.05) is 6.92 Å². The summed E-state index contributed by atoms with van der Waals surface area (Å²) in [6, 6.07) is 0. The van der Waals surface area contributed by atoms with Crippen LogP contribution >= 0.6 is 0 Å². The van der Waals surface area contributed by atoms with Crippen molar-refractivity contribution in [3.8, 4) is 0 Å². The van der Waals surface area contributed by atoms with Crippen LogP contribution in [0.3, 0.4) is 0 Å². The van der Waals surface area contributed by atoms with Crippen molar-refractivity contribution in [2.24, 2.45) is 17.1 Å². The van der Waals surface area contributed by atoms with E-state index in [1.54, 1.807) is 6.92 Å². The maximum Gasteiger partial charge on any atom is 0.308 e. The highest BCUT2D eigenvalue weighted by Gasteiger charge is 2.38. The van der Waals surface area contributed by atoms with E-state index in [2.05, 4.69) is 5.32 Å². The van der Waals surface area contributed by atoms with Gasteiger partial charge in [-0.2, -0.15) is 0 Å². The van der Waals surface area contributed by atoms with E-state index in [0.29, 0.717) is 26.1 Å². The lowest BCUT2D eigenvalue weighted by Crippen LogP contribution is -2.50. The number of carboxylic acid groups (broad SMARTS) is 1. The van der Waals surface area contributed by atoms with Gasteiger partial charge in [0.25, 0.3) is 0 Å². The fraction of sp³-hybridized carbons (Fsp3) is 0.818. The maximum absolute atomic E-state index is 12.0. The fourth-order valence-corrected chi connectivity index (χ4v) is 1.81. The van der Waals surface area contributed by atoms with Crippen molar-refractivity contribution < 1.29 is 19.4 Å². The molecule has 1 heterocycles. The monoisotopic (exact) mass is 244 g/mol. The van der Waals surface area contributed by atoms with Gasteiger partial charge in [0.1, 0.15) is 0 Å². The summed E-state index contributed by atoms with van der Waals surface area (Å²) >= 11 is 0. The summed E-state index contributed by atoms with van der Waals surface area (Å²) in [6.45, 7) is 3.01. The molecule has 6 nitrogen and oxygen atoms in total. The zero-order valence-corrected chi connectivity index (χ0v) is 10.1. The molecule has 0 aromatic heterocycles. The molecule has 0 saturated carbocycles. The number of carbonyl (C=O) groups excluding carboxylic acids is 1. The molecule has 0 aromatic carbocycles. The number of hydrogen-bond donors (Lipinski definition) is 3. The van der Waals surface area contributed by atoms with E-state index < -0.39 is 17.3 Å². The minimum absolute atomic E-state index is 0.136. The first-order chi connectivity index (χ1) is 8.02. The molecule has 1 amide bonds. The molecule has 98 valence electrons. The van der Waals surface area contributed by atoms with Gasteiger partial charge in [-0.15, -0.1) is 0 Å². The van der Waals surface area contributed by atoms with Gasteiger partial charge in [0.05, 0.1) is 11.3 Å². The topological polar surface area (TPSA) is 102 Å². The Bertz CT molecular complexity index is 287. The summed E-state index contributed by atoms with van der Waals surface area (Å²) in [6.07, 6.45) is 1.19. The van der Waals surface area contributed by atoms with Gasteiger partial charge in [-0.3, -0.25) is 9.59 Å². The Labute approximate surface area is 101 Å². The highest BCUT2D eigenvalue weighted by atomic mass is 16.5. The lowest BCUT2D eigenvalue weighted by Gasteiger charge is -2.34. The minimum Gasteiger partial charge on any atom is -0.481 e. The van der Waals surface area contributed by atoms with E-state index in [1.165, 1.54) is 0 Å². The van der Waals surface area contributed by atoms with Crippen LogP contribution in [0.2, 0.25) is 0 Å². The van der Waals surface area contributed by atoms with Gasteiger partial charge in [0, 0.05) is 26.3 Å². The van der Waals surface area contributed by atoms with Crippen molar-refractivity contribution in [3.63, 3.8) is 0 Å². The van der Waals surface area contributed by atoms with Gasteiger partial charge in [0.15, 0.2) is 0 Å². The quantitative estimate of drug-likeness (QED) is 0.609. The summed E-state index contributed by atoms with van der Waals surface area (Å²) in [5.41, 5.74) is 5.09. The molecule has 1 unspecified atom stereocenters. The second kappa shape index (κ2) is 5.97. The van der Waals surface area contributed by atoms with Gasteiger partial charge < -0.3 is 20.9 Å². The second-order valence-electron chi connectivity index (χ2n) is 4.55. The van der Waals surface area contributed by atoms with E-state index in [-0.39, 0.29) is 19.0 Å². The average molecular weight is 244 g/mol. The van der Waals surface area contributed by atoms with Crippen LogP contribution in [0.15, 0.2) is 0 Å². The molecular weight excluding hydrogens is 224 g/mol. The predicted molar refractivity (Wildman–Crippen MR) is 61.3 cm³/mol. The number of carbonyl (C=O) groups is 2. The van der Waals surface area contributed by atoms with E-state index >= 15 is 0 Å². The normalized spacial score (nSPS) is 20.6. The summed E-state index contributed by atoms with van der Waals surface area (Å²) < 4.78 is 5.21. The zero-order chi connectivity index (χ0) is 12.9. The number of rotatable bonds is 5. The maximum atomic E-state index is 12.0. The number of nitrogens with two attached hydrogens (primary N) is 1. The van der Waals surface area contributed by atoms with Crippen molar-refractivity contribution in [1.29, 1.82) is 0 Å². The highest BCUT2D eigenvalue weighted by molar-refractivity contribution is 5.83. The smallest absolute Gasteiger partial charge is 0.308 e. The predicted octanol–water partition coefficient (Wildman–Crippen LogP) is -0.421. The van der Waals surface area contributed by atoms with Gasteiger partial charge >= 0.3 is 5.97 Å². The lowest BCUT2D eigenvalue weighted by atomic mass is 9.79. The van der Waals surface area contributed by atoms with Crippen LogP contribution in [0.25, 0.3) is 0 Å². The molecule has 1 aliphatic rings. The van der Waals surface area contributed by atoms with Crippen LogP contribution in [0, 0.1) is 11.3 Å². The lowest BCUT2D eigenvalue weighted by molar-refractivity contribution is -0.141. The van der Waals surface area contributed by atoms with E-state index in [1.807, 2.05) is 0 Å². The summed E-state index contributed by atoms with van der Waals surface area (Å²) in [4.78, 5) is 22.7. The summed E-state index contributed by atoms with van der Waals surface area (Å²) in [7, 11) is 0. The third-order valence-electron chi connectivity index (χ3n) is 3.31. The molecule has 4 N–H and O–H groups in total. The molecular formula is C11H20N2O4. The number of aliphatic carboxylic acids is 1. The molecule has 0 radical (unpaired) electrons. The van der Waals surface area contributed by atoms with Gasteiger partial charge in [-0.05, 0) is 12.8 Å². The van der Waals surface area contributed by atoms with Gasteiger partial charge in [0.2, 0.25) is 5.91 Å². The molecule has 0 spiro atoms. The van der Waals surface area contributed by atoms with Crippen LogP contribution in [0.1, 0.15) is 19.8 Å².